The standard InChI is InChI=1S/C14H13N5OS/c1-19-6-4-12(18-19)16-5-2-3-9-7-10(20)13-11(8-9)21-14(15)17-13/h4,6-8,20H,5H2,1H3,(H2,15,17)(H,16,18). The number of nitrogens with two attached hydrogens (primary N) is 1. The summed E-state index contributed by atoms with van der Waals surface area (Å²) in [5.74, 6) is 6.86. The molecule has 7 heteroatoms. The van der Waals surface area contributed by atoms with E-state index in [-0.39, 0.29) is 5.75 Å². The van der Waals surface area contributed by atoms with E-state index < -0.39 is 0 Å². The molecule has 0 aliphatic carbocycles. The van der Waals surface area contributed by atoms with Crippen molar-refractivity contribution in [2.24, 2.45) is 7.05 Å². The number of thiazole rings is 1. The van der Waals surface area contributed by atoms with Crippen molar-refractivity contribution in [3.8, 4) is 17.6 Å². The molecule has 0 radical (unpaired) electrons. The number of nitrogen functional groups attached to an aromatic ring is 1. The van der Waals surface area contributed by atoms with Crippen LogP contribution >= 0.6 is 11.3 Å². The van der Waals surface area contributed by atoms with Crippen LogP contribution in [0.3, 0.4) is 0 Å². The number of hydrogen-bond donors (Lipinski definition) is 3. The van der Waals surface area contributed by atoms with E-state index in [0.717, 1.165) is 16.1 Å². The summed E-state index contributed by atoms with van der Waals surface area (Å²) < 4.78 is 2.55. The quantitative estimate of drug-likeness (QED) is 0.628. The van der Waals surface area contributed by atoms with Gasteiger partial charge in [-0.3, -0.25) is 4.68 Å². The number of aromatic nitrogens is 3. The molecule has 0 unspecified atom stereocenters. The number of nitrogens with zero attached hydrogens (tertiary/aromatic N) is 3. The highest BCUT2D eigenvalue weighted by Gasteiger charge is 2.07. The molecule has 0 fully saturated rings. The van der Waals surface area contributed by atoms with Crippen molar-refractivity contribution in [3.05, 3.63) is 30.0 Å². The van der Waals surface area contributed by atoms with E-state index in [9.17, 15) is 5.11 Å². The van der Waals surface area contributed by atoms with Crippen LogP contribution in [0.15, 0.2) is 24.4 Å². The van der Waals surface area contributed by atoms with Crippen LogP contribution in [-0.4, -0.2) is 26.4 Å². The molecule has 0 saturated carbocycles. The fraction of sp³-hybridized carbons (Fsp3) is 0.143. The number of hydrogen-bond acceptors (Lipinski definition) is 6. The first-order valence-corrected chi connectivity index (χ1v) is 7.05. The molecular formula is C14H13N5OS. The highest BCUT2D eigenvalue weighted by Crippen LogP contribution is 2.31. The largest absolute Gasteiger partial charge is 0.506 e. The first kappa shape index (κ1) is 13.3. The van der Waals surface area contributed by atoms with Crippen molar-refractivity contribution in [3.63, 3.8) is 0 Å². The lowest BCUT2D eigenvalue weighted by Crippen LogP contribution is -2.00. The minimum atomic E-state index is 0.0995. The predicted molar refractivity (Wildman–Crippen MR) is 84.3 cm³/mol. The van der Waals surface area contributed by atoms with E-state index in [4.69, 9.17) is 5.73 Å². The van der Waals surface area contributed by atoms with E-state index in [1.165, 1.54) is 11.3 Å². The van der Waals surface area contributed by atoms with Gasteiger partial charge in [-0.25, -0.2) is 4.98 Å². The predicted octanol–water partition coefficient (Wildman–Crippen LogP) is 1.78. The summed E-state index contributed by atoms with van der Waals surface area (Å²) in [4.78, 5) is 4.07. The number of nitrogens with one attached hydrogen (secondary N) is 1. The number of phenols is 1. The number of aryl methyl sites for hydroxylation is 1. The third-order valence-electron chi connectivity index (χ3n) is 2.80. The minimum Gasteiger partial charge on any atom is -0.506 e. The highest BCUT2D eigenvalue weighted by atomic mass is 32.1. The van der Waals surface area contributed by atoms with Gasteiger partial charge in [0.1, 0.15) is 17.1 Å². The maximum atomic E-state index is 9.90. The van der Waals surface area contributed by atoms with Crippen LogP contribution < -0.4 is 11.1 Å². The molecule has 3 rings (SSSR count). The zero-order valence-electron chi connectivity index (χ0n) is 11.3. The molecule has 0 amide bonds. The van der Waals surface area contributed by atoms with E-state index >= 15 is 0 Å². The van der Waals surface area contributed by atoms with Crippen LogP contribution in [-0.2, 0) is 7.05 Å². The molecule has 0 spiro atoms. The minimum absolute atomic E-state index is 0.0995. The third kappa shape index (κ3) is 2.90. The first-order chi connectivity index (χ1) is 10.1. The van der Waals surface area contributed by atoms with Crippen LogP contribution in [0.5, 0.6) is 5.75 Å². The van der Waals surface area contributed by atoms with Gasteiger partial charge < -0.3 is 16.2 Å². The van der Waals surface area contributed by atoms with Crippen molar-refractivity contribution in [2.45, 2.75) is 0 Å². The fourth-order valence-electron chi connectivity index (χ4n) is 1.89. The SMILES string of the molecule is Cn1ccc(NCC#Cc2cc(O)c3nc(N)sc3c2)n1. The maximum absolute atomic E-state index is 9.90. The van der Waals surface area contributed by atoms with Crippen molar-refractivity contribution in [1.29, 1.82) is 0 Å². The molecule has 0 atom stereocenters. The van der Waals surface area contributed by atoms with Gasteiger partial charge in [0.2, 0.25) is 0 Å². The zero-order valence-corrected chi connectivity index (χ0v) is 12.1. The average molecular weight is 299 g/mol. The van der Waals surface area contributed by atoms with Crippen molar-refractivity contribution >= 4 is 32.5 Å². The molecule has 21 heavy (non-hydrogen) atoms. The summed E-state index contributed by atoms with van der Waals surface area (Å²) in [7, 11) is 1.86. The average Bonchev–Trinajstić information content (AvgIpc) is 3.00. The number of phenolic OH excluding ortho intramolecular Hbond substituents is 1. The summed E-state index contributed by atoms with van der Waals surface area (Å²) in [6, 6.07) is 5.34. The maximum Gasteiger partial charge on any atom is 0.181 e. The Bertz CT molecular complexity index is 855. The van der Waals surface area contributed by atoms with Crippen LogP contribution in [0.4, 0.5) is 10.9 Å². The Kier molecular flexibility index (Phi) is 3.38. The molecule has 2 heterocycles. The Labute approximate surface area is 125 Å². The Balaban J connectivity index is 1.74. The van der Waals surface area contributed by atoms with Gasteiger partial charge >= 0.3 is 0 Å². The monoisotopic (exact) mass is 299 g/mol. The third-order valence-corrected chi connectivity index (χ3v) is 3.63. The molecule has 2 aromatic heterocycles. The molecule has 1 aromatic carbocycles. The first-order valence-electron chi connectivity index (χ1n) is 6.23. The second-order valence-corrected chi connectivity index (χ2v) is 5.49. The number of fused-ring (bicyclic) bond motifs is 1. The molecule has 0 aliphatic rings. The smallest absolute Gasteiger partial charge is 0.181 e. The van der Waals surface area contributed by atoms with Gasteiger partial charge in [-0.2, -0.15) is 5.10 Å². The molecular weight excluding hydrogens is 286 g/mol. The summed E-state index contributed by atoms with van der Waals surface area (Å²) in [6.45, 7) is 0.473. The van der Waals surface area contributed by atoms with Gasteiger partial charge in [0, 0.05) is 24.9 Å². The van der Waals surface area contributed by atoms with Crippen LogP contribution in [0, 0.1) is 11.8 Å². The number of aromatic hydroxyl groups is 1. The van der Waals surface area contributed by atoms with Gasteiger partial charge in [0.15, 0.2) is 5.13 Å². The van der Waals surface area contributed by atoms with Gasteiger partial charge in [-0.05, 0) is 12.1 Å². The molecule has 3 aromatic rings. The molecule has 0 bridgehead atoms. The Morgan fingerprint density at radius 2 is 2.33 bits per heavy atom. The van der Waals surface area contributed by atoms with Gasteiger partial charge in [0.25, 0.3) is 0 Å². The van der Waals surface area contributed by atoms with Crippen molar-refractivity contribution < 1.29 is 5.11 Å². The Hall–Kier alpha value is -2.72. The van der Waals surface area contributed by atoms with Gasteiger partial charge in [-0.15, -0.1) is 0 Å². The van der Waals surface area contributed by atoms with Crippen molar-refractivity contribution in [2.75, 3.05) is 17.6 Å². The van der Waals surface area contributed by atoms with E-state index in [1.807, 2.05) is 25.4 Å². The lowest BCUT2D eigenvalue weighted by Gasteiger charge is -1.96. The van der Waals surface area contributed by atoms with Crippen LogP contribution in [0.1, 0.15) is 5.56 Å². The van der Waals surface area contributed by atoms with Gasteiger partial charge in [-0.1, -0.05) is 23.2 Å². The van der Waals surface area contributed by atoms with Crippen LogP contribution in [0.2, 0.25) is 0 Å². The Morgan fingerprint density at radius 3 is 3.10 bits per heavy atom. The summed E-state index contributed by atoms with van der Waals surface area (Å²) in [6.07, 6.45) is 1.86. The zero-order chi connectivity index (χ0) is 14.8. The van der Waals surface area contributed by atoms with Gasteiger partial charge in [0.05, 0.1) is 11.2 Å². The number of benzene rings is 1. The molecule has 6 nitrogen and oxygen atoms in total. The van der Waals surface area contributed by atoms with E-state index in [1.54, 1.807) is 10.7 Å². The van der Waals surface area contributed by atoms with Crippen LogP contribution in [0.25, 0.3) is 10.2 Å². The summed E-state index contributed by atoms with van der Waals surface area (Å²) in [5.41, 5.74) is 6.89. The normalized spacial score (nSPS) is 10.3. The lowest BCUT2D eigenvalue weighted by atomic mass is 10.2. The Morgan fingerprint density at radius 1 is 1.48 bits per heavy atom. The summed E-state index contributed by atoms with van der Waals surface area (Å²) >= 11 is 1.33. The lowest BCUT2D eigenvalue weighted by molar-refractivity contribution is 0.480. The highest BCUT2D eigenvalue weighted by molar-refractivity contribution is 7.22. The molecule has 4 N–H and O–H groups in total. The molecule has 0 aliphatic heterocycles. The number of rotatable bonds is 2. The van der Waals surface area contributed by atoms with Crippen molar-refractivity contribution in [1.82, 2.24) is 14.8 Å². The number of anilines is 2. The second kappa shape index (κ2) is 5.34. The summed E-state index contributed by atoms with van der Waals surface area (Å²) in [5, 5.41) is 17.6. The topological polar surface area (TPSA) is 89.0 Å². The van der Waals surface area contributed by atoms with E-state index in [0.29, 0.717) is 17.2 Å². The molecule has 0 saturated heterocycles. The van der Waals surface area contributed by atoms with E-state index in [2.05, 4.69) is 27.2 Å². The molecule has 106 valence electrons. The fourth-order valence-corrected chi connectivity index (χ4v) is 2.69. The second-order valence-electron chi connectivity index (χ2n) is 4.42.